The van der Waals surface area contributed by atoms with Crippen molar-refractivity contribution in [1.82, 2.24) is 4.90 Å². The van der Waals surface area contributed by atoms with Crippen molar-refractivity contribution in [2.75, 3.05) is 20.7 Å². The topological polar surface area (TPSA) is 55.6 Å². The van der Waals surface area contributed by atoms with Crippen LogP contribution in [-0.4, -0.2) is 31.5 Å². The Morgan fingerprint density at radius 1 is 1.42 bits per heavy atom. The van der Waals surface area contributed by atoms with E-state index in [1.807, 2.05) is 32.0 Å². The molecule has 2 N–H and O–H groups in total. The second-order valence-corrected chi connectivity index (χ2v) is 5.07. The molecule has 0 aliphatic carbocycles. The fraction of sp³-hybridized carbons (Fsp3) is 0.533. The van der Waals surface area contributed by atoms with E-state index in [2.05, 4.69) is 0 Å². The highest BCUT2D eigenvalue weighted by molar-refractivity contribution is 5.75. The first-order valence-electron chi connectivity index (χ1n) is 6.61. The number of hydrogen-bond donors (Lipinski definition) is 1. The number of nitrogens with two attached hydrogens (primary N) is 1. The molecule has 0 fully saturated rings. The summed E-state index contributed by atoms with van der Waals surface area (Å²) in [4.78, 5) is 13.0. The van der Waals surface area contributed by atoms with Crippen molar-refractivity contribution in [3.8, 4) is 5.75 Å². The van der Waals surface area contributed by atoms with Crippen LogP contribution >= 0.6 is 0 Å². The maximum Gasteiger partial charge on any atom is 0.222 e. The van der Waals surface area contributed by atoms with Gasteiger partial charge in [0.15, 0.2) is 0 Å². The molecule has 0 saturated carbocycles. The Balaban J connectivity index is 2.52. The van der Waals surface area contributed by atoms with Crippen LogP contribution < -0.4 is 10.5 Å². The quantitative estimate of drug-likeness (QED) is 0.802. The summed E-state index contributed by atoms with van der Waals surface area (Å²) in [7, 11) is 3.52. The van der Waals surface area contributed by atoms with Gasteiger partial charge in [0.1, 0.15) is 5.75 Å². The fourth-order valence-electron chi connectivity index (χ4n) is 1.78. The minimum Gasteiger partial charge on any atom is -0.493 e. The lowest BCUT2D eigenvalue weighted by Crippen LogP contribution is -2.21. The molecule has 106 valence electrons. The lowest BCUT2D eigenvalue weighted by Gasteiger charge is -2.15. The molecule has 1 aromatic carbocycles. The van der Waals surface area contributed by atoms with E-state index in [1.165, 1.54) is 5.56 Å². The number of aryl methyl sites for hydroxylation is 1. The Morgan fingerprint density at radius 3 is 2.68 bits per heavy atom. The first-order chi connectivity index (χ1) is 8.91. The van der Waals surface area contributed by atoms with E-state index in [4.69, 9.17) is 10.5 Å². The number of nitrogens with zero attached hydrogens (tertiary/aromatic N) is 1. The van der Waals surface area contributed by atoms with Crippen molar-refractivity contribution < 1.29 is 9.53 Å². The molecule has 4 heteroatoms. The van der Waals surface area contributed by atoms with Crippen molar-refractivity contribution in [2.45, 2.75) is 32.7 Å². The Labute approximate surface area is 115 Å². The van der Waals surface area contributed by atoms with Crippen LogP contribution in [-0.2, 0) is 4.79 Å². The Bertz CT molecular complexity index is 428. The van der Waals surface area contributed by atoms with E-state index >= 15 is 0 Å². The Hall–Kier alpha value is -1.55. The molecule has 0 bridgehead atoms. The normalized spacial score (nSPS) is 12.1. The summed E-state index contributed by atoms with van der Waals surface area (Å²) >= 11 is 0. The van der Waals surface area contributed by atoms with Gasteiger partial charge in [-0.3, -0.25) is 4.79 Å². The van der Waals surface area contributed by atoms with Gasteiger partial charge in [0.2, 0.25) is 5.91 Å². The third kappa shape index (κ3) is 4.91. The standard InChI is InChI=1S/C15H24N2O2/c1-11-7-8-14(13(10-11)12(2)16)19-9-5-6-15(18)17(3)4/h7-8,10,12H,5-6,9,16H2,1-4H3/t12-/m0/s1. The molecular weight excluding hydrogens is 240 g/mol. The lowest BCUT2D eigenvalue weighted by atomic mass is 10.1. The van der Waals surface area contributed by atoms with E-state index in [9.17, 15) is 4.79 Å². The van der Waals surface area contributed by atoms with E-state index in [1.54, 1.807) is 19.0 Å². The van der Waals surface area contributed by atoms with Crippen LogP contribution in [0.2, 0.25) is 0 Å². The minimum atomic E-state index is -0.0571. The Morgan fingerprint density at radius 2 is 2.11 bits per heavy atom. The van der Waals surface area contributed by atoms with Gasteiger partial charge in [-0.1, -0.05) is 17.7 Å². The second kappa shape index (κ2) is 7.14. The summed E-state index contributed by atoms with van der Waals surface area (Å²) < 4.78 is 5.73. The zero-order chi connectivity index (χ0) is 14.4. The molecule has 0 aromatic heterocycles. The SMILES string of the molecule is Cc1ccc(OCCCC(=O)N(C)C)c([C@H](C)N)c1. The van der Waals surface area contributed by atoms with Gasteiger partial charge in [-0.05, 0) is 26.3 Å². The molecule has 0 aliphatic rings. The monoisotopic (exact) mass is 264 g/mol. The highest BCUT2D eigenvalue weighted by Crippen LogP contribution is 2.25. The molecule has 1 amide bonds. The van der Waals surface area contributed by atoms with Crippen LogP contribution in [0, 0.1) is 6.92 Å². The largest absolute Gasteiger partial charge is 0.493 e. The van der Waals surface area contributed by atoms with Crippen LogP contribution in [0.5, 0.6) is 5.75 Å². The van der Waals surface area contributed by atoms with Gasteiger partial charge in [-0.25, -0.2) is 0 Å². The summed E-state index contributed by atoms with van der Waals surface area (Å²) in [5.41, 5.74) is 8.12. The molecule has 0 saturated heterocycles. The number of carbonyl (C=O) groups is 1. The molecule has 4 nitrogen and oxygen atoms in total. The maximum atomic E-state index is 11.4. The molecule has 0 heterocycles. The summed E-state index contributed by atoms with van der Waals surface area (Å²) in [6, 6.07) is 5.94. The van der Waals surface area contributed by atoms with Crippen molar-refractivity contribution in [3.63, 3.8) is 0 Å². The van der Waals surface area contributed by atoms with Crippen molar-refractivity contribution in [2.24, 2.45) is 5.73 Å². The third-order valence-electron chi connectivity index (χ3n) is 2.95. The average molecular weight is 264 g/mol. The fourth-order valence-corrected chi connectivity index (χ4v) is 1.78. The van der Waals surface area contributed by atoms with Crippen LogP contribution in [0.4, 0.5) is 0 Å². The highest BCUT2D eigenvalue weighted by Gasteiger charge is 2.09. The number of benzene rings is 1. The van der Waals surface area contributed by atoms with E-state index in [-0.39, 0.29) is 11.9 Å². The molecule has 1 aromatic rings. The van der Waals surface area contributed by atoms with Crippen LogP contribution in [0.3, 0.4) is 0 Å². The van der Waals surface area contributed by atoms with E-state index in [0.29, 0.717) is 19.4 Å². The highest BCUT2D eigenvalue weighted by atomic mass is 16.5. The first-order valence-corrected chi connectivity index (χ1v) is 6.61. The van der Waals surface area contributed by atoms with Crippen molar-refractivity contribution in [3.05, 3.63) is 29.3 Å². The van der Waals surface area contributed by atoms with Gasteiger partial charge in [0, 0.05) is 32.1 Å². The summed E-state index contributed by atoms with van der Waals surface area (Å²) in [6.45, 7) is 4.50. The zero-order valence-electron chi connectivity index (χ0n) is 12.3. The average Bonchev–Trinajstić information content (AvgIpc) is 2.35. The number of ether oxygens (including phenoxy) is 1. The molecule has 0 aliphatic heterocycles. The molecule has 0 radical (unpaired) electrons. The number of hydrogen-bond acceptors (Lipinski definition) is 3. The number of amides is 1. The van der Waals surface area contributed by atoms with Gasteiger partial charge in [-0.2, -0.15) is 0 Å². The summed E-state index contributed by atoms with van der Waals surface area (Å²) in [6.07, 6.45) is 1.22. The predicted molar refractivity (Wildman–Crippen MR) is 77.2 cm³/mol. The van der Waals surface area contributed by atoms with Gasteiger partial charge in [0.25, 0.3) is 0 Å². The molecule has 0 unspecified atom stereocenters. The Kier molecular flexibility index (Phi) is 5.83. The van der Waals surface area contributed by atoms with Gasteiger partial charge >= 0.3 is 0 Å². The molecule has 19 heavy (non-hydrogen) atoms. The smallest absolute Gasteiger partial charge is 0.222 e. The van der Waals surface area contributed by atoms with Gasteiger partial charge in [0.05, 0.1) is 6.61 Å². The molecule has 0 spiro atoms. The number of carbonyl (C=O) groups excluding carboxylic acids is 1. The first kappa shape index (κ1) is 15.5. The van der Waals surface area contributed by atoms with Crippen molar-refractivity contribution in [1.29, 1.82) is 0 Å². The van der Waals surface area contributed by atoms with Crippen LogP contribution in [0.15, 0.2) is 18.2 Å². The van der Waals surface area contributed by atoms with E-state index in [0.717, 1.165) is 11.3 Å². The maximum absolute atomic E-state index is 11.4. The van der Waals surface area contributed by atoms with Gasteiger partial charge < -0.3 is 15.4 Å². The van der Waals surface area contributed by atoms with E-state index < -0.39 is 0 Å². The third-order valence-corrected chi connectivity index (χ3v) is 2.95. The predicted octanol–water partition coefficient (Wildman–Crippen LogP) is 2.26. The number of rotatable bonds is 6. The van der Waals surface area contributed by atoms with Gasteiger partial charge in [-0.15, -0.1) is 0 Å². The van der Waals surface area contributed by atoms with Crippen LogP contribution in [0.25, 0.3) is 0 Å². The molecule has 1 atom stereocenters. The zero-order valence-corrected chi connectivity index (χ0v) is 12.3. The molecule has 1 rings (SSSR count). The summed E-state index contributed by atoms with van der Waals surface area (Å²) in [5, 5.41) is 0. The van der Waals surface area contributed by atoms with Crippen LogP contribution in [0.1, 0.15) is 36.9 Å². The van der Waals surface area contributed by atoms with Crippen molar-refractivity contribution >= 4 is 5.91 Å². The molecular formula is C15H24N2O2. The summed E-state index contributed by atoms with van der Waals surface area (Å²) in [5.74, 6) is 0.942. The lowest BCUT2D eigenvalue weighted by molar-refractivity contribution is -0.128. The minimum absolute atomic E-state index is 0.0571. The second-order valence-electron chi connectivity index (χ2n) is 5.07.